The van der Waals surface area contributed by atoms with Crippen LogP contribution in [-0.2, 0) is 9.59 Å². The number of rotatable bonds is 5. The van der Waals surface area contributed by atoms with Gasteiger partial charge in [-0.05, 0) is 31.6 Å². The second-order valence-electron chi connectivity index (χ2n) is 4.74. The lowest BCUT2D eigenvalue weighted by molar-refractivity contribution is -0.122. The number of carbonyl (C=O) groups is 2. The van der Waals surface area contributed by atoms with Crippen LogP contribution in [0.5, 0.6) is 0 Å². The van der Waals surface area contributed by atoms with Gasteiger partial charge in [-0.25, -0.2) is 0 Å². The molecule has 0 aromatic heterocycles. The van der Waals surface area contributed by atoms with Gasteiger partial charge in [0, 0.05) is 25.3 Å². The lowest BCUT2D eigenvalue weighted by Gasteiger charge is -2.28. The Balaban J connectivity index is 2.23. The van der Waals surface area contributed by atoms with E-state index in [2.05, 4.69) is 5.32 Å². The number of Topliss-reactive ketones (excluding diaryl/α,β-unsaturated/α-hetero) is 1. The molecule has 0 aromatic rings. The topological polar surface area (TPSA) is 46.2 Å². The molecule has 0 atom stereocenters. The predicted molar refractivity (Wildman–Crippen MR) is 64.1 cm³/mol. The van der Waals surface area contributed by atoms with Gasteiger partial charge in [-0.15, -0.1) is 0 Å². The Bertz CT molecular complexity index is 216. The first kappa shape index (κ1) is 13.2. The van der Waals surface area contributed by atoms with Gasteiger partial charge in [-0.2, -0.15) is 0 Å². The lowest BCUT2D eigenvalue weighted by Crippen LogP contribution is -2.37. The average Bonchev–Trinajstić information content (AvgIpc) is 2.31. The summed E-state index contributed by atoms with van der Waals surface area (Å²) in [5.41, 5.74) is 0. The highest BCUT2D eigenvalue weighted by atomic mass is 16.1. The highest BCUT2D eigenvalue weighted by Crippen LogP contribution is 2.27. The van der Waals surface area contributed by atoms with E-state index in [0.29, 0.717) is 30.6 Å². The second-order valence-corrected chi connectivity index (χ2v) is 4.74. The second kappa shape index (κ2) is 6.66. The predicted octanol–water partition coefficient (Wildman–Crippen LogP) is 2.44. The molecule has 0 aromatic carbocycles. The Morgan fingerprint density at radius 1 is 1.06 bits per heavy atom. The third kappa shape index (κ3) is 4.33. The fourth-order valence-corrected chi connectivity index (χ4v) is 2.31. The Labute approximate surface area is 98.0 Å². The number of hydrogen-bond acceptors (Lipinski definition) is 2. The van der Waals surface area contributed by atoms with Crippen LogP contribution in [0.1, 0.15) is 58.8 Å². The van der Waals surface area contributed by atoms with Crippen molar-refractivity contribution in [2.24, 2.45) is 5.92 Å². The highest BCUT2D eigenvalue weighted by molar-refractivity contribution is 5.78. The van der Waals surface area contributed by atoms with Crippen LogP contribution in [0.25, 0.3) is 0 Å². The van der Waals surface area contributed by atoms with E-state index in [1.165, 1.54) is 0 Å². The normalized spacial score (nSPS) is 25.1. The molecule has 92 valence electrons. The van der Waals surface area contributed by atoms with Crippen molar-refractivity contribution in [2.75, 3.05) is 0 Å². The molecule has 0 aliphatic heterocycles. The smallest absolute Gasteiger partial charge is 0.219 e. The van der Waals surface area contributed by atoms with Gasteiger partial charge in [0.1, 0.15) is 5.78 Å². The summed E-state index contributed by atoms with van der Waals surface area (Å²) >= 11 is 0. The fraction of sp³-hybridized carbons (Fsp3) is 0.846. The van der Waals surface area contributed by atoms with Crippen LogP contribution in [-0.4, -0.2) is 17.7 Å². The summed E-state index contributed by atoms with van der Waals surface area (Å²) in [5, 5.41) is 3.03. The quantitative estimate of drug-likeness (QED) is 0.781. The number of carbonyl (C=O) groups excluding carboxylic acids is 2. The molecule has 0 bridgehead atoms. The van der Waals surface area contributed by atoms with E-state index in [1.54, 1.807) is 0 Å². The highest BCUT2D eigenvalue weighted by Gasteiger charge is 2.23. The van der Waals surface area contributed by atoms with Crippen LogP contribution in [0.2, 0.25) is 0 Å². The molecule has 1 saturated carbocycles. The van der Waals surface area contributed by atoms with E-state index in [0.717, 1.165) is 32.1 Å². The molecular formula is C13H23NO2. The van der Waals surface area contributed by atoms with Crippen molar-refractivity contribution in [1.29, 1.82) is 0 Å². The van der Waals surface area contributed by atoms with Crippen LogP contribution in [0, 0.1) is 5.92 Å². The van der Waals surface area contributed by atoms with Gasteiger partial charge < -0.3 is 5.32 Å². The summed E-state index contributed by atoms with van der Waals surface area (Å²) < 4.78 is 0. The van der Waals surface area contributed by atoms with E-state index in [4.69, 9.17) is 0 Å². The Morgan fingerprint density at radius 3 is 2.19 bits per heavy atom. The third-order valence-electron chi connectivity index (χ3n) is 3.44. The molecule has 0 radical (unpaired) electrons. The van der Waals surface area contributed by atoms with Gasteiger partial charge in [0.15, 0.2) is 0 Å². The van der Waals surface area contributed by atoms with Crippen LogP contribution >= 0.6 is 0 Å². The standard InChI is InChI=1S/C13H23NO2/c1-3-12(15)9-10-5-7-11(8-6-10)14-13(16)4-2/h10-11H,3-9H2,1-2H3,(H,14,16). The monoisotopic (exact) mass is 225 g/mol. The zero-order valence-corrected chi connectivity index (χ0v) is 10.4. The van der Waals surface area contributed by atoms with E-state index in [1.807, 2.05) is 13.8 Å². The summed E-state index contributed by atoms with van der Waals surface area (Å²) in [4.78, 5) is 22.5. The molecule has 0 unspecified atom stereocenters. The Kier molecular flexibility index (Phi) is 5.50. The molecule has 1 N–H and O–H groups in total. The van der Waals surface area contributed by atoms with Crippen molar-refractivity contribution in [2.45, 2.75) is 64.8 Å². The first-order valence-corrected chi connectivity index (χ1v) is 6.46. The Hall–Kier alpha value is -0.860. The maximum absolute atomic E-state index is 11.3. The first-order valence-electron chi connectivity index (χ1n) is 6.46. The molecule has 1 aliphatic rings. The largest absolute Gasteiger partial charge is 0.353 e. The van der Waals surface area contributed by atoms with Gasteiger partial charge in [0.2, 0.25) is 5.91 Å². The molecule has 3 heteroatoms. The van der Waals surface area contributed by atoms with Gasteiger partial charge in [-0.3, -0.25) is 9.59 Å². The number of ketones is 1. The van der Waals surface area contributed by atoms with Gasteiger partial charge >= 0.3 is 0 Å². The summed E-state index contributed by atoms with van der Waals surface area (Å²) in [6.07, 6.45) is 6.20. The molecule has 0 spiro atoms. The minimum Gasteiger partial charge on any atom is -0.353 e. The summed E-state index contributed by atoms with van der Waals surface area (Å²) in [6, 6.07) is 0.348. The molecule has 16 heavy (non-hydrogen) atoms. The number of nitrogens with one attached hydrogen (secondary N) is 1. The van der Waals surface area contributed by atoms with E-state index < -0.39 is 0 Å². The van der Waals surface area contributed by atoms with Crippen molar-refractivity contribution in [3.05, 3.63) is 0 Å². The maximum atomic E-state index is 11.3. The zero-order chi connectivity index (χ0) is 12.0. The van der Waals surface area contributed by atoms with Gasteiger partial charge in [0.25, 0.3) is 0 Å². The lowest BCUT2D eigenvalue weighted by atomic mass is 9.83. The Morgan fingerprint density at radius 2 is 1.69 bits per heavy atom. The fourth-order valence-electron chi connectivity index (χ4n) is 2.31. The molecule has 0 heterocycles. The molecule has 3 nitrogen and oxygen atoms in total. The summed E-state index contributed by atoms with van der Waals surface area (Å²) in [5.74, 6) is 1.08. The van der Waals surface area contributed by atoms with Gasteiger partial charge in [-0.1, -0.05) is 13.8 Å². The minimum absolute atomic E-state index is 0.146. The SMILES string of the molecule is CCC(=O)CC1CCC(NC(=O)CC)CC1. The van der Waals surface area contributed by atoms with E-state index in [-0.39, 0.29) is 5.91 Å². The number of amides is 1. The van der Waals surface area contributed by atoms with Crippen molar-refractivity contribution >= 4 is 11.7 Å². The average molecular weight is 225 g/mol. The van der Waals surface area contributed by atoms with Crippen LogP contribution in [0.15, 0.2) is 0 Å². The summed E-state index contributed by atoms with van der Waals surface area (Å²) in [7, 11) is 0. The molecule has 1 rings (SSSR count). The van der Waals surface area contributed by atoms with Crippen LogP contribution in [0.4, 0.5) is 0 Å². The van der Waals surface area contributed by atoms with Crippen molar-refractivity contribution < 1.29 is 9.59 Å². The third-order valence-corrected chi connectivity index (χ3v) is 3.44. The molecule has 0 saturated heterocycles. The van der Waals surface area contributed by atoms with E-state index in [9.17, 15) is 9.59 Å². The van der Waals surface area contributed by atoms with Crippen molar-refractivity contribution in [3.8, 4) is 0 Å². The van der Waals surface area contributed by atoms with Crippen LogP contribution < -0.4 is 5.32 Å². The zero-order valence-electron chi connectivity index (χ0n) is 10.4. The molecule has 1 aliphatic carbocycles. The minimum atomic E-state index is 0.146. The van der Waals surface area contributed by atoms with Gasteiger partial charge in [0.05, 0.1) is 0 Å². The van der Waals surface area contributed by atoms with E-state index >= 15 is 0 Å². The molecular weight excluding hydrogens is 202 g/mol. The number of hydrogen-bond donors (Lipinski definition) is 1. The van der Waals surface area contributed by atoms with Crippen LogP contribution in [0.3, 0.4) is 0 Å². The van der Waals surface area contributed by atoms with Crippen molar-refractivity contribution in [3.63, 3.8) is 0 Å². The molecule has 1 fully saturated rings. The summed E-state index contributed by atoms with van der Waals surface area (Å²) in [6.45, 7) is 3.80. The van der Waals surface area contributed by atoms with Crippen molar-refractivity contribution in [1.82, 2.24) is 5.32 Å². The molecule has 1 amide bonds. The first-order chi connectivity index (χ1) is 7.65. The maximum Gasteiger partial charge on any atom is 0.219 e.